The summed E-state index contributed by atoms with van der Waals surface area (Å²) in [6.07, 6.45) is 0. The molecule has 0 aromatic heterocycles. The van der Waals surface area contributed by atoms with Gasteiger partial charge in [-0.15, -0.1) is 0 Å². The highest BCUT2D eigenvalue weighted by molar-refractivity contribution is 5.89. The number of amides is 2. The Morgan fingerprint density at radius 3 is 2.47 bits per heavy atom. The Morgan fingerprint density at radius 1 is 1.40 bits per heavy atom. The van der Waals surface area contributed by atoms with Crippen LogP contribution in [0.1, 0.15) is 0 Å². The van der Waals surface area contributed by atoms with Crippen molar-refractivity contribution in [2.24, 2.45) is 5.73 Å². The molecule has 15 heavy (non-hydrogen) atoms. The second-order valence-electron chi connectivity index (χ2n) is 2.48. The van der Waals surface area contributed by atoms with Crippen LogP contribution in [0.5, 0.6) is 0 Å². The number of anilines is 1. The molecule has 0 saturated carbocycles. The fourth-order valence-corrected chi connectivity index (χ4v) is 0.895. The van der Waals surface area contributed by atoms with Gasteiger partial charge >= 0.3 is 12.6 Å². The summed E-state index contributed by atoms with van der Waals surface area (Å²) < 4.78 is 23.4. The molecule has 0 bridgehead atoms. The molecule has 0 spiro atoms. The molecule has 5 nitrogen and oxygen atoms in total. The Hall–Kier alpha value is -1.73. The molecule has 0 atom stereocenters. The summed E-state index contributed by atoms with van der Waals surface area (Å²) in [6, 6.07) is 7.00. The molecule has 1 aromatic carbocycles. The number of benzene rings is 1. The minimum absolute atomic E-state index is 0.297. The molecule has 0 saturated heterocycles. The molecule has 7 heteroatoms. The standard InChI is InChI=1S/C8H9F2N3O2/c9-7(10)15-12-13(8(11)14)6-4-2-1-3-5-6/h1-5,7,12H,(H2,11,14). The highest BCUT2D eigenvalue weighted by atomic mass is 19.3. The third-order valence-electron chi connectivity index (χ3n) is 1.47. The number of carbonyl (C=O) groups excluding carboxylic acids is 1. The van der Waals surface area contributed by atoms with Crippen LogP contribution in [0.15, 0.2) is 30.3 Å². The van der Waals surface area contributed by atoms with E-state index in [1.54, 1.807) is 23.8 Å². The van der Waals surface area contributed by atoms with E-state index in [4.69, 9.17) is 5.73 Å². The second-order valence-corrected chi connectivity index (χ2v) is 2.48. The van der Waals surface area contributed by atoms with Crippen molar-refractivity contribution in [2.75, 3.05) is 5.01 Å². The monoisotopic (exact) mass is 217 g/mol. The van der Waals surface area contributed by atoms with Crippen molar-refractivity contribution in [2.45, 2.75) is 6.61 Å². The van der Waals surface area contributed by atoms with E-state index in [0.717, 1.165) is 0 Å². The average molecular weight is 217 g/mol. The number of halogens is 2. The van der Waals surface area contributed by atoms with Crippen molar-refractivity contribution in [1.82, 2.24) is 5.59 Å². The average Bonchev–Trinajstić information content (AvgIpc) is 2.18. The Balaban J connectivity index is 2.71. The Labute approximate surface area is 84.3 Å². The Kier molecular flexibility index (Phi) is 3.95. The van der Waals surface area contributed by atoms with Crippen molar-refractivity contribution in [3.63, 3.8) is 0 Å². The van der Waals surface area contributed by atoms with Gasteiger partial charge in [0, 0.05) is 0 Å². The van der Waals surface area contributed by atoms with Gasteiger partial charge in [0.15, 0.2) is 0 Å². The lowest BCUT2D eigenvalue weighted by Crippen LogP contribution is -2.47. The van der Waals surface area contributed by atoms with Crippen molar-refractivity contribution in [1.29, 1.82) is 0 Å². The van der Waals surface area contributed by atoms with Gasteiger partial charge in [-0.25, -0.2) is 14.6 Å². The molecule has 0 fully saturated rings. The van der Waals surface area contributed by atoms with Gasteiger partial charge in [-0.2, -0.15) is 8.78 Å². The molecule has 82 valence electrons. The maximum Gasteiger partial charge on any atom is 0.361 e. The van der Waals surface area contributed by atoms with Crippen LogP contribution in [-0.2, 0) is 4.84 Å². The van der Waals surface area contributed by atoms with E-state index in [2.05, 4.69) is 4.84 Å². The van der Waals surface area contributed by atoms with Crippen molar-refractivity contribution < 1.29 is 18.4 Å². The number of hydrazine groups is 1. The van der Waals surface area contributed by atoms with Crippen LogP contribution in [-0.4, -0.2) is 12.6 Å². The second kappa shape index (κ2) is 5.23. The minimum Gasteiger partial charge on any atom is -0.350 e. The summed E-state index contributed by atoms with van der Waals surface area (Å²) in [5, 5.41) is 0.659. The SMILES string of the molecule is NC(=O)N(NOC(F)F)c1ccccc1. The van der Waals surface area contributed by atoms with Gasteiger partial charge in [0.2, 0.25) is 0 Å². The number of para-hydroxylation sites is 1. The van der Waals surface area contributed by atoms with E-state index in [9.17, 15) is 13.6 Å². The maximum absolute atomic E-state index is 11.7. The maximum atomic E-state index is 11.7. The lowest BCUT2D eigenvalue weighted by atomic mass is 10.3. The smallest absolute Gasteiger partial charge is 0.350 e. The third kappa shape index (κ3) is 3.49. The van der Waals surface area contributed by atoms with Crippen LogP contribution >= 0.6 is 0 Å². The van der Waals surface area contributed by atoms with E-state index >= 15 is 0 Å². The molecule has 0 unspecified atom stereocenters. The number of primary amides is 1. The largest absolute Gasteiger partial charge is 0.361 e. The molecule has 0 aliphatic carbocycles. The predicted octanol–water partition coefficient (Wildman–Crippen LogP) is 1.23. The predicted molar refractivity (Wildman–Crippen MR) is 48.7 cm³/mol. The van der Waals surface area contributed by atoms with E-state index in [0.29, 0.717) is 10.7 Å². The molecular weight excluding hydrogens is 208 g/mol. The highest BCUT2D eigenvalue weighted by Crippen LogP contribution is 2.10. The third-order valence-corrected chi connectivity index (χ3v) is 1.47. The summed E-state index contributed by atoms with van der Waals surface area (Å²) >= 11 is 0. The van der Waals surface area contributed by atoms with Crippen LogP contribution < -0.4 is 16.3 Å². The molecule has 0 heterocycles. The number of nitrogens with two attached hydrogens (primary N) is 1. The van der Waals surface area contributed by atoms with Gasteiger partial charge < -0.3 is 5.73 Å². The molecule has 1 rings (SSSR count). The molecule has 2 amide bonds. The van der Waals surface area contributed by atoms with Crippen LogP contribution in [0.2, 0.25) is 0 Å². The van der Waals surface area contributed by atoms with Gasteiger partial charge in [0.25, 0.3) is 0 Å². The Morgan fingerprint density at radius 2 is 2.00 bits per heavy atom. The van der Waals surface area contributed by atoms with E-state index < -0.39 is 12.6 Å². The molecular formula is C8H9F2N3O2. The van der Waals surface area contributed by atoms with Crippen molar-refractivity contribution in [3.8, 4) is 0 Å². The quantitative estimate of drug-likeness (QED) is 0.745. The first-order valence-corrected chi connectivity index (χ1v) is 3.95. The lowest BCUT2D eigenvalue weighted by Gasteiger charge is -2.19. The Bertz CT molecular complexity index is 321. The number of carbonyl (C=O) groups is 1. The van der Waals surface area contributed by atoms with E-state index in [1.807, 2.05) is 0 Å². The fourth-order valence-electron chi connectivity index (χ4n) is 0.895. The van der Waals surface area contributed by atoms with Gasteiger partial charge in [0.05, 0.1) is 5.69 Å². The minimum atomic E-state index is -3.05. The number of nitrogens with zero attached hydrogens (tertiary/aromatic N) is 1. The van der Waals surface area contributed by atoms with Gasteiger partial charge in [0.1, 0.15) is 0 Å². The lowest BCUT2D eigenvalue weighted by molar-refractivity contribution is -0.172. The molecule has 3 N–H and O–H groups in total. The number of hydrogen-bond acceptors (Lipinski definition) is 3. The molecule has 0 aliphatic heterocycles. The number of hydrogen-bond donors (Lipinski definition) is 2. The summed E-state index contributed by atoms with van der Waals surface area (Å²) in [5.41, 5.74) is 7.00. The molecule has 1 aromatic rings. The number of rotatable bonds is 4. The van der Waals surface area contributed by atoms with Crippen molar-refractivity contribution >= 4 is 11.7 Å². The number of nitrogens with one attached hydrogen (secondary N) is 1. The highest BCUT2D eigenvalue weighted by Gasteiger charge is 2.13. The van der Waals surface area contributed by atoms with Gasteiger partial charge in [-0.3, -0.25) is 0 Å². The van der Waals surface area contributed by atoms with Crippen LogP contribution in [0.3, 0.4) is 0 Å². The summed E-state index contributed by atoms with van der Waals surface area (Å²) in [7, 11) is 0. The normalized spacial score (nSPS) is 10.3. The van der Waals surface area contributed by atoms with Crippen LogP contribution in [0.25, 0.3) is 0 Å². The topological polar surface area (TPSA) is 67.6 Å². The van der Waals surface area contributed by atoms with Crippen LogP contribution in [0, 0.1) is 0 Å². The molecule has 0 aliphatic rings. The van der Waals surface area contributed by atoms with Crippen molar-refractivity contribution in [3.05, 3.63) is 30.3 Å². The zero-order valence-corrected chi connectivity index (χ0v) is 7.56. The summed E-state index contributed by atoms with van der Waals surface area (Å²) in [4.78, 5) is 14.6. The number of alkyl halides is 2. The first-order chi connectivity index (χ1) is 7.11. The summed E-state index contributed by atoms with van der Waals surface area (Å²) in [6.45, 7) is -3.05. The van der Waals surface area contributed by atoms with Gasteiger partial charge in [-0.05, 0) is 12.1 Å². The van der Waals surface area contributed by atoms with Crippen LogP contribution in [0.4, 0.5) is 19.3 Å². The first kappa shape index (κ1) is 11.3. The molecule has 0 radical (unpaired) electrons. The summed E-state index contributed by atoms with van der Waals surface area (Å²) in [5.74, 6) is 0. The fraction of sp³-hybridized carbons (Fsp3) is 0.125. The number of urea groups is 1. The van der Waals surface area contributed by atoms with E-state index in [1.165, 1.54) is 12.1 Å². The zero-order valence-electron chi connectivity index (χ0n) is 7.56. The van der Waals surface area contributed by atoms with E-state index in [-0.39, 0.29) is 0 Å². The van der Waals surface area contributed by atoms with Gasteiger partial charge in [-0.1, -0.05) is 23.8 Å². The zero-order chi connectivity index (χ0) is 11.3. The first-order valence-electron chi connectivity index (χ1n) is 3.95.